The van der Waals surface area contributed by atoms with Crippen LogP contribution in [0.1, 0.15) is 29.7 Å². The molecule has 1 aliphatic rings. The summed E-state index contributed by atoms with van der Waals surface area (Å²) in [6, 6.07) is 10.7. The maximum Gasteiger partial charge on any atom is 0.471 e. The Balaban J connectivity index is 1.81. The van der Waals surface area contributed by atoms with Crippen molar-refractivity contribution in [2.75, 3.05) is 13.7 Å². The maximum atomic E-state index is 12.8. The van der Waals surface area contributed by atoms with Crippen molar-refractivity contribution in [3.63, 3.8) is 0 Å². The van der Waals surface area contributed by atoms with E-state index in [0.717, 1.165) is 5.56 Å². The summed E-state index contributed by atoms with van der Waals surface area (Å²) in [6.45, 7) is 1.32. The molecule has 0 radical (unpaired) electrons. The molecule has 0 saturated heterocycles. The number of rotatable bonds is 5. The SMILES string of the molecule is COc1cccc(C(C)NS(=O)(=O)c2ccc3c(c2)CN(C(=O)C(F)(F)F)CC3)c1. The minimum absolute atomic E-state index is 0.0669. The van der Waals surface area contributed by atoms with Crippen LogP contribution in [-0.2, 0) is 27.8 Å². The number of methoxy groups -OCH3 is 1. The van der Waals surface area contributed by atoms with Crippen LogP contribution in [0.2, 0.25) is 0 Å². The number of hydrogen-bond donors (Lipinski definition) is 1. The number of hydrogen-bond acceptors (Lipinski definition) is 4. The number of fused-ring (bicyclic) bond motifs is 1. The largest absolute Gasteiger partial charge is 0.497 e. The topological polar surface area (TPSA) is 75.7 Å². The van der Waals surface area contributed by atoms with Gasteiger partial charge in [-0.2, -0.15) is 13.2 Å². The minimum atomic E-state index is -4.96. The van der Waals surface area contributed by atoms with Crippen LogP contribution in [0.3, 0.4) is 0 Å². The Bertz CT molecular complexity index is 1050. The smallest absolute Gasteiger partial charge is 0.471 e. The molecule has 0 bridgehead atoms. The number of halogens is 3. The highest BCUT2D eigenvalue weighted by Crippen LogP contribution is 2.27. The molecule has 3 rings (SSSR count). The minimum Gasteiger partial charge on any atom is -0.497 e. The van der Waals surface area contributed by atoms with E-state index in [-0.39, 0.29) is 24.4 Å². The Morgan fingerprint density at radius 1 is 1.17 bits per heavy atom. The summed E-state index contributed by atoms with van der Waals surface area (Å²) in [5.41, 5.74) is 1.80. The summed E-state index contributed by atoms with van der Waals surface area (Å²) >= 11 is 0. The molecule has 1 aliphatic heterocycles. The first kappa shape index (κ1) is 22.1. The second kappa shape index (κ2) is 8.27. The maximum absolute atomic E-state index is 12.8. The van der Waals surface area contributed by atoms with Gasteiger partial charge in [-0.1, -0.05) is 18.2 Å². The Hall–Kier alpha value is -2.59. The van der Waals surface area contributed by atoms with Gasteiger partial charge in [0.1, 0.15) is 5.75 Å². The standard InChI is InChI=1S/C20H21F3N2O4S/c1-13(15-4-3-5-17(10-15)29-2)24-30(27,28)18-7-6-14-8-9-25(12-16(14)11-18)19(26)20(21,22)23/h3-7,10-11,13,24H,8-9,12H2,1-2H3. The summed E-state index contributed by atoms with van der Waals surface area (Å²) < 4.78 is 71.6. The van der Waals surface area contributed by atoms with Crippen LogP contribution >= 0.6 is 0 Å². The quantitative estimate of drug-likeness (QED) is 0.772. The van der Waals surface area contributed by atoms with Gasteiger partial charge in [0.25, 0.3) is 0 Å². The fraction of sp³-hybridized carbons (Fsp3) is 0.350. The van der Waals surface area contributed by atoms with E-state index < -0.39 is 28.1 Å². The van der Waals surface area contributed by atoms with E-state index in [1.165, 1.54) is 19.2 Å². The van der Waals surface area contributed by atoms with Crippen LogP contribution in [0.15, 0.2) is 47.4 Å². The van der Waals surface area contributed by atoms with Crippen molar-refractivity contribution >= 4 is 15.9 Å². The molecule has 0 fully saturated rings. The molecule has 30 heavy (non-hydrogen) atoms. The third-order valence-corrected chi connectivity index (χ3v) is 6.49. The van der Waals surface area contributed by atoms with Crippen molar-refractivity contribution in [3.05, 3.63) is 59.2 Å². The molecule has 0 aliphatic carbocycles. The highest BCUT2D eigenvalue weighted by molar-refractivity contribution is 7.89. The predicted molar refractivity (Wildman–Crippen MR) is 103 cm³/mol. The van der Waals surface area contributed by atoms with Crippen molar-refractivity contribution in [2.24, 2.45) is 0 Å². The van der Waals surface area contributed by atoms with Gasteiger partial charge in [0, 0.05) is 19.1 Å². The number of amides is 1. The van der Waals surface area contributed by atoms with E-state index >= 15 is 0 Å². The summed E-state index contributed by atoms with van der Waals surface area (Å²) in [4.78, 5) is 12.1. The van der Waals surface area contributed by atoms with Gasteiger partial charge in [0.15, 0.2) is 0 Å². The predicted octanol–water partition coefficient (Wildman–Crippen LogP) is 3.18. The number of benzene rings is 2. The monoisotopic (exact) mass is 442 g/mol. The Labute approximate surface area is 172 Å². The van der Waals surface area contributed by atoms with E-state index in [1.54, 1.807) is 37.3 Å². The lowest BCUT2D eigenvalue weighted by Crippen LogP contribution is -2.43. The zero-order chi connectivity index (χ0) is 22.1. The number of alkyl halides is 3. The number of nitrogens with zero attached hydrogens (tertiary/aromatic N) is 1. The van der Waals surface area contributed by atoms with Crippen molar-refractivity contribution in [1.82, 2.24) is 9.62 Å². The van der Waals surface area contributed by atoms with Crippen LogP contribution < -0.4 is 9.46 Å². The lowest BCUT2D eigenvalue weighted by molar-refractivity contribution is -0.186. The fourth-order valence-corrected chi connectivity index (χ4v) is 4.62. The summed E-state index contributed by atoms with van der Waals surface area (Å²) in [6.07, 6.45) is -4.74. The van der Waals surface area contributed by atoms with Crippen molar-refractivity contribution in [1.29, 1.82) is 0 Å². The van der Waals surface area contributed by atoms with Crippen LogP contribution in [-0.4, -0.2) is 39.1 Å². The van der Waals surface area contributed by atoms with Gasteiger partial charge in [-0.3, -0.25) is 4.79 Å². The molecule has 1 amide bonds. The van der Waals surface area contributed by atoms with Gasteiger partial charge in [0.2, 0.25) is 10.0 Å². The molecule has 1 heterocycles. The zero-order valence-corrected chi connectivity index (χ0v) is 17.2. The molecule has 1 unspecified atom stereocenters. The normalized spacial score (nSPS) is 15.4. The van der Waals surface area contributed by atoms with Gasteiger partial charge in [-0.05, 0) is 54.3 Å². The molecule has 2 aromatic carbocycles. The molecule has 1 atom stereocenters. The zero-order valence-electron chi connectivity index (χ0n) is 16.4. The van der Waals surface area contributed by atoms with E-state index in [1.807, 2.05) is 0 Å². The van der Waals surface area contributed by atoms with E-state index in [4.69, 9.17) is 4.74 Å². The van der Waals surface area contributed by atoms with Gasteiger partial charge >= 0.3 is 12.1 Å². The molecule has 2 aromatic rings. The highest BCUT2D eigenvalue weighted by Gasteiger charge is 2.43. The Morgan fingerprint density at radius 2 is 1.90 bits per heavy atom. The first-order chi connectivity index (χ1) is 14.0. The first-order valence-corrected chi connectivity index (χ1v) is 10.6. The van der Waals surface area contributed by atoms with Crippen LogP contribution in [0.4, 0.5) is 13.2 Å². The summed E-state index contributed by atoms with van der Waals surface area (Å²) in [7, 11) is -2.44. The number of sulfonamides is 1. The molecular weight excluding hydrogens is 421 g/mol. The third-order valence-electron chi connectivity index (χ3n) is 4.96. The molecule has 162 valence electrons. The number of carbonyl (C=O) groups excluding carboxylic acids is 1. The first-order valence-electron chi connectivity index (χ1n) is 9.15. The second-order valence-corrected chi connectivity index (χ2v) is 8.74. The molecule has 0 aromatic heterocycles. The Morgan fingerprint density at radius 3 is 2.57 bits per heavy atom. The molecule has 10 heteroatoms. The van der Waals surface area contributed by atoms with Gasteiger partial charge in [0.05, 0.1) is 12.0 Å². The number of nitrogens with one attached hydrogen (secondary N) is 1. The van der Waals surface area contributed by atoms with Crippen molar-refractivity contribution < 1.29 is 31.1 Å². The Kier molecular flexibility index (Phi) is 6.09. The number of carbonyl (C=O) groups is 1. The lowest BCUT2D eigenvalue weighted by atomic mass is 10.00. The highest BCUT2D eigenvalue weighted by atomic mass is 32.2. The number of ether oxygens (including phenoxy) is 1. The van der Waals surface area contributed by atoms with Gasteiger partial charge in [-0.25, -0.2) is 13.1 Å². The fourth-order valence-electron chi connectivity index (χ4n) is 3.33. The van der Waals surface area contributed by atoms with Gasteiger partial charge in [-0.15, -0.1) is 0 Å². The lowest BCUT2D eigenvalue weighted by Gasteiger charge is -2.29. The summed E-state index contributed by atoms with van der Waals surface area (Å²) in [5.74, 6) is -1.34. The van der Waals surface area contributed by atoms with Crippen molar-refractivity contribution in [3.8, 4) is 5.75 Å². The van der Waals surface area contributed by atoms with Crippen LogP contribution in [0, 0.1) is 0 Å². The average molecular weight is 442 g/mol. The van der Waals surface area contributed by atoms with Crippen LogP contribution in [0.25, 0.3) is 0 Å². The molecule has 6 nitrogen and oxygen atoms in total. The second-order valence-electron chi connectivity index (χ2n) is 7.02. The van der Waals surface area contributed by atoms with E-state index in [9.17, 15) is 26.4 Å². The molecule has 0 spiro atoms. The molecule has 0 saturated carbocycles. The van der Waals surface area contributed by atoms with Crippen molar-refractivity contribution in [2.45, 2.75) is 37.0 Å². The molecular formula is C20H21F3N2O4S. The third kappa shape index (κ3) is 4.76. The molecule has 1 N–H and O–H groups in total. The average Bonchev–Trinajstić information content (AvgIpc) is 2.71. The summed E-state index contributed by atoms with van der Waals surface area (Å²) in [5, 5.41) is 0. The van der Waals surface area contributed by atoms with E-state index in [0.29, 0.717) is 21.8 Å². The van der Waals surface area contributed by atoms with E-state index in [2.05, 4.69) is 4.72 Å². The van der Waals surface area contributed by atoms with Crippen LogP contribution in [0.5, 0.6) is 5.75 Å². The van der Waals surface area contributed by atoms with Gasteiger partial charge < -0.3 is 9.64 Å².